The van der Waals surface area contributed by atoms with E-state index in [4.69, 9.17) is 35.5 Å². The van der Waals surface area contributed by atoms with Gasteiger partial charge in [0.2, 0.25) is 5.79 Å². The number of nitrogens with one attached hydrogen (secondary N) is 2. The summed E-state index contributed by atoms with van der Waals surface area (Å²) in [6.45, 7) is 5.59. The minimum Gasteiger partial charge on any atom is -0.462 e. The lowest BCUT2D eigenvalue weighted by Crippen LogP contribution is -2.37. The predicted molar refractivity (Wildman–Crippen MR) is 128 cm³/mol. The van der Waals surface area contributed by atoms with Crippen LogP contribution in [-0.2, 0) is 28.1 Å². The molecule has 2 saturated heterocycles. The Morgan fingerprint density at radius 1 is 1.28 bits per heavy atom. The summed E-state index contributed by atoms with van der Waals surface area (Å²) < 4.78 is 58.3. The number of aromatic amines is 1. The molecule has 2 N–H and O–H groups in total. The molecule has 0 radical (unpaired) electrons. The second-order valence-electron chi connectivity index (χ2n) is 8.96. The number of nitrogens with zero attached hydrogens (tertiary/aromatic N) is 1. The lowest BCUT2D eigenvalue weighted by molar-refractivity contribution is -0.171. The molecule has 2 aliphatic heterocycles. The van der Waals surface area contributed by atoms with Crippen LogP contribution in [0.15, 0.2) is 47.4 Å². The summed E-state index contributed by atoms with van der Waals surface area (Å²) in [5.41, 5.74) is -2.50. The lowest BCUT2D eigenvalue weighted by atomic mass is 10.0. The standard InChI is InChI=1S/C22H27FN3O8PS/c1-13(2)31-17(28)14(3)25-35(29,34-15-8-6-5-7-9-15)30-12-22-18(32-22)21(4,23)19(33-22)26-11-10-16(27)24-20(26)36/h5-11,13-14,18-19H,12H2,1-4H3,(H,25,29)(H,24,27,36)/t14-,18+,19+,21?,22?,35?/m0/s1. The van der Waals surface area contributed by atoms with E-state index in [1.165, 1.54) is 30.7 Å². The molecule has 4 rings (SSSR count). The Morgan fingerprint density at radius 2 is 1.97 bits per heavy atom. The largest absolute Gasteiger partial charge is 0.462 e. The van der Waals surface area contributed by atoms with Crippen LogP contribution in [0.3, 0.4) is 0 Å². The van der Waals surface area contributed by atoms with Gasteiger partial charge in [-0.2, -0.15) is 5.09 Å². The number of alkyl halides is 1. The fourth-order valence-electron chi connectivity index (χ4n) is 3.83. The second kappa shape index (κ2) is 9.81. The first-order chi connectivity index (χ1) is 16.9. The number of hydrogen-bond acceptors (Lipinski definition) is 9. The van der Waals surface area contributed by atoms with Gasteiger partial charge in [0.15, 0.2) is 22.8 Å². The van der Waals surface area contributed by atoms with Crippen molar-refractivity contribution < 1.29 is 37.0 Å². The highest BCUT2D eigenvalue weighted by atomic mass is 32.1. The highest BCUT2D eigenvalue weighted by Crippen LogP contribution is 2.60. The Kier molecular flexibility index (Phi) is 7.26. The van der Waals surface area contributed by atoms with Crippen LogP contribution in [0.2, 0.25) is 0 Å². The maximum atomic E-state index is 15.7. The summed E-state index contributed by atoms with van der Waals surface area (Å²) in [6.07, 6.45) is -1.39. The van der Waals surface area contributed by atoms with Crippen molar-refractivity contribution in [3.05, 3.63) is 57.7 Å². The molecule has 6 atom stereocenters. The number of H-pyrrole nitrogens is 1. The van der Waals surface area contributed by atoms with Crippen LogP contribution < -0.4 is 15.2 Å². The highest BCUT2D eigenvalue weighted by molar-refractivity contribution is 7.71. The zero-order chi connectivity index (χ0) is 26.3. The van der Waals surface area contributed by atoms with Gasteiger partial charge in [-0.05, 0) is 52.0 Å². The summed E-state index contributed by atoms with van der Waals surface area (Å²) in [4.78, 5) is 26.2. The first-order valence-electron chi connectivity index (χ1n) is 11.2. The van der Waals surface area contributed by atoms with Crippen molar-refractivity contribution in [2.24, 2.45) is 0 Å². The molecule has 0 bridgehead atoms. The van der Waals surface area contributed by atoms with Crippen molar-refractivity contribution in [3.63, 3.8) is 0 Å². The van der Waals surface area contributed by atoms with E-state index in [0.29, 0.717) is 0 Å². The van der Waals surface area contributed by atoms with E-state index in [9.17, 15) is 14.2 Å². The van der Waals surface area contributed by atoms with Crippen molar-refractivity contribution in [1.29, 1.82) is 0 Å². The summed E-state index contributed by atoms with van der Waals surface area (Å²) in [7, 11) is -4.22. The summed E-state index contributed by atoms with van der Waals surface area (Å²) in [6, 6.07) is 8.33. The van der Waals surface area contributed by atoms with Crippen LogP contribution >= 0.6 is 20.0 Å². The van der Waals surface area contributed by atoms with Crippen LogP contribution in [0.5, 0.6) is 5.75 Å². The van der Waals surface area contributed by atoms with Gasteiger partial charge in [-0.25, -0.2) is 8.96 Å². The zero-order valence-electron chi connectivity index (χ0n) is 20.0. The van der Waals surface area contributed by atoms with Gasteiger partial charge in [0.25, 0.3) is 5.56 Å². The zero-order valence-corrected chi connectivity index (χ0v) is 21.7. The molecule has 0 spiro atoms. The Labute approximate surface area is 211 Å². The Balaban J connectivity index is 1.53. The van der Waals surface area contributed by atoms with Crippen molar-refractivity contribution >= 4 is 25.9 Å². The van der Waals surface area contributed by atoms with E-state index in [-0.39, 0.29) is 16.6 Å². The molecule has 14 heteroatoms. The molecule has 0 saturated carbocycles. The smallest absolute Gasteiger partial charge is 0.459 e. The Morgan fingerprint density at radius 3 is 2.61 bits per heavy atom. The van der Waals surface area contributed by atoms with E-state index in [0.717, 1.165) is 0 Å². The summed E-state index contributed by atoms with van der Waals surface area (Å²) in [5, 5.41) is 2.56. The predicted octanol–water partition coefficient (Wildman–Crippen LogP) is 3.39. The molecule has 36 heavy (non-hydrogen) atoms. The number of carbonyl (C=O) groups is 1. The van der Waals surface area contributed by atoms with Crippen molar-refractivity contribution in [1.82, 2.24) is 14.6 Å². The van der Waals surface area contributed by atoms with Crippen molar-refractivity contribution in [3.8, 4) is 5.75 Å². The molecule has 3 heterocycles. The average molecular weight is 544 g/mol. The summed E-state index contributed by atoms with van der Waals surface area (Å²) >= 11 is 5.14. The second-order valence-corrected chi connectivity index (χ2v) is 11.0. The van der Waals surface area contributed by atoms with Crippen LogP contribution in [0.4, 0.5) is 4.39 Å². The van der Waals surface area contributed by atoms with Gasteiger partial charge in [-0.3, -0.25) is 23.7 Å². The fraction of sp³-hybridized carbons (Fsp3) is 0.500. The third kappa shape index (κ3) is 5.46. The lowest BCUT2D eigenvalue weighted by Gasteiger charge is -2.27. The SMILES string of the molecule is CC(C)OC(=O)[C@H](C)NP(=O)(OCC12O[C@@H](n3ccc(=O)[nH]c3=S)C(C)(F)[C@H]1O2)Oc1ccccc1. The molecular weight excluding hydrogens is 516 g/mol. The number of carbonyl (C=O) groups excluding carboxylic acids is 1. The molecule has 0 aliphatic carbocycles. The number of benzene rings is 1. The number of esters is 1. The monoisotopic (exact) mass is 543 g/mol. The molecule has 11 nitrogen and oxygen atoms in total. The minimum absolute atomic E-state index is 0.0361. The molecule has 2 aromatic rings. The maximum absolute atomic E-state index is 15.7. The van der Waals surface area contributed by atoms with Crippen LogP contribution in [0, 0.1) is 4.77 Å². The third-order valence-corrected chi connectivity index (χ3v) is 7.47. The minimum atomic E-state index is -4.22. The molecule has 2 fully saturated rings. The number of hydrogen-bond donors (Lipinski definition) is 2. The normalized spacial score (nSPS) is 29.3. The number of aromatic nitrogens is 2. The van der Waals surface area contributed by atoms with Crippen LogP contribution in [0.1, 0.15) is 33.9 Å². The molecule has 196 valence electrons. The van der Waals surface area contributed by atoms with Gasteiger partial charge in [0.05, 0.1) is 6.10 Å². The van der Waals surface area contributed by atoms with E-state index in [2.05, 4.69) is 10.1 Å². The van der Waals surface area contributed by atoms with Crippen LogP contribution in [0.25, 0.3) is 0 Å². The van der Waals surface area contributed by atoms with Gasteiger partial charge in [0.1, 0.15) is 18.4 Å². The molecule has 3 unspecified atom stereocenters. The van der Waals surface area contributed by atoms with E-state index >= 15 is 4.39 Å². The van der Waals surface area contributed by atoms with Crippen LogP contribution in [-0.4, -0.2) is 51.8 Å². The number of epoxide rings is 1. The number of fused-ring (bicyclic) bond motifs is 1. The van der Waals surface area contributed by atoms with Gasteiger partial charge in [-0.1, -0.05) is 18.2 Å². The Bertz CT molecular complexity index is 1290. The fourth-order valence-corrected chi connectivity index (χ4v) is 5.59. The number of halogens is 1. The summed E-state index contributed by atoms with van der Waals surface area (Å²) in [5.74, 6) is -2.04. The molecule has 1 aromatic heterocycles. The maximum Gasteiger partial charge on any atom is 0.459 e. The Hall–Kier alpha value is -2.41. The van der Waals surface area contributed by atoms with Crippen molar-refractivity contribution in [2.75, 3.05) is 6.61 Å². The average Bonchev–Trinajstić information content (AvgIpc) is 3.47. The van der Waals surface area contributed by atoms with Gasteiger partial charge in [0, 0.05) is 12.3 Å². The van der Waals surface area contributed by atoms with Gasteiger partial charge in [-0.15, -0.1) is 0 Å². The molecule has 0 amide bonds. The quantitative estimate of drug-likeness (QED) is 0.199. The molecule has 1 aromatic carbocycles. The molecule has 2 aliphatic rings. The van der Waals surface area contributed by atoms with Gasteiger partial charge >= 0.3 is 13.7 Å². The number of para-hydroxylation sites is 1. The third-order valence-electron chi connectivity index (χ3n) is 5.53. The number of ether oxygens (including phenoxy) is 3. The van der Waals surface area contributed by atoms with Gasteiger partial charge < -0.3 is 18.7 Å². The molecular formula is C22H27FN3O8PS. The van der Waals surface area contributed by atoms with Crippen molar-refractivity contribution in [2.45, 2.75) is 63.6 Å². The first-order valence-corrected chi connectivity index (χ1v) is 13.1. The first kappa shape index (κ1) is 26.6. The number of rotatable bonds is 10. The topological polar surface area (TPSA) is 133 Å². The van der Waals surface area contributed by atoms with E-state index in [1.54, 1.807) is 44.2 Å². The highest BCUT2D eigenvalue weighted by Gasteiger charge is 2.77. The van der Waals surface area contributed by atoms with E-state index in [1.807, 2.05) is 0 Å². The van der Waals surface area contributed by atoms with E-state index < -0.39 is 55.7 Å².